The molecule has 0 rings (SSSR count). The molecule has 110 valence electrons. The van der Waals surface area contributed by atoms with Crippen LogP contribution in [-0.4, -0.2) is 29.9 Å². The highest BCUT2D eigenvalue weighted by Crippen LogP contribution is 2.11. The highest BCUT2D eigenvalue weighted by Gasteiger charge is 2.10. The Morgan fingerprint density at radius 1 is 0.889 bits per heavy atom. The molecule has 18 heavy (non-hydrogen) atoms. The molecule has 0 aromatic rings. The lowest BCUT2D eigenvalue weighted by Crippen LogP contribution is -2.14. The predicted molar refractivity (Wildman–Crippen MR) is 74.3 cm³/mol. The SMILES string of the molecule is CCCCCCCCCCC(O)CCS(=O)(=O)O. The normalized spacial score (nSPS) is 13.7. The van der Waals surface area contributed by atoms with Crippen molar-refractivity contribution < 1.29 is 18.1 Å². The smallest absolute Gasteiger partial charge is 0.264 e. The van der Waals surface area contributed by atoms with Gasteiger partial charge >= 0.3 is 0 Å². The van der Waals surface area contributed by atoms with E-state index in [0.717, 1.165) is 12.8 Å². The van der Waals surface area contributed by atoms with Crippen LogP contribution in [0.5, 0.6) is 0 Å². The maximum absolute atomic E-state index is 10.5. The van der Waals surface area contributed by atoms with Gasteiger partial charge in [0, 0.05) is 0 Å². The molecule has 0 aliphatic carbocycles. The van der Waals surface area contributed by atoms with E-state index in [9.17, 15) is 13.5 Å². The Balaban J connectivity index is 3.28. The van der Waals surface area contributed by atoms with E-state index < -0.39 is 16.2 Å². The lowest BCUT2D eigenvalue weighted by atomic mass is 10.0. The molecule has 0 aromatic heterocycles. The zero-order valence-corrected chi connectivity index (χ0v) is 12.3. The fourth-order valence-corrected chi connectivity index (χ4v) is 2.51. The van der Waals surface area contributed by atoms with Crippen LogP contribution in [0.3, 0.4) is 0 Å². The van der Waals surface area contributed by atoms with Gasteiger partial charge in [-0.1, -0.05) is 58.3 Å². The van der Waals surface area contributed by atoms with Gasteiger partial charge < -0.3 is 5.11 Å². The molecule has 0 saturated heterocycles. The first-order valence-corrected chi connectivity index (χ1v) is 8.70. The minimum atomic E-state index is -3.93. The summed E-state index contributed by atoms with van der Waals surface area (Å²) in [5.41, 5.74) is 0. The number of hydrogen-bond acceptors (Lipinski definition) is 3. The summed E-state index contributed by atoms with van der Waals surface area (Å²) >= 11 is 0. The van der Waals surface area contributed by atoms with Crippen LogP contribution in [0.1, 0.15) is 71.1 Å². The Bertz CT molecular complexity index is 275. The van der Waals surface area contributed by atoms with Crippen LogP contribution in [0.2, 0.25) is 0 Å². The fourth-order valence-electron chi connectivity index (χ4n) is 1.94. The highest BCUT2D eigenvalue weighted by molar-refractivity contribution is 7.85. The van der Waals surface area contributed by atoms with Crippen molar-refractivity contribution in [3.63, 3.8) is 0 Å². The van der Waals surface area contributed by atoms with Crippen LogP contribution in [0.15, 0.2) is 0 Å². The Hall–Kier alpha value is -0.130. The molecule has 2 N–H and O–H groups in total. The van der Waals surface area contributed by atoms with Crippen LogP contribution in [0.25, 0.3) is 0 Å². The summed E-state index contributed by atoms with van der Waals surface area (Å²) < 4.78 is 29.5. The topological polar surface area (TPSA) is 74.6 Å². The van der Waals surface area contributed by atoms with Gasteiger partial charge in [-0.3, -0.25) is 4.55 Å². The Morgan fingerprint density at radius 3 is 1.89 bits per heavy atom. The van der Waals surface area contributed by atoms with E-state index in [0.29, 0.717) is 6.42 Å². The van der Waals surface area contributed by atoms with Crippen molar-refractivity contribution in [3.05, 3.63) is 0 Å². The van der Waals surface area contributed by atoms with E-state index in [1.807, 2.05) is 0 Å². The van der Waals surface area contributed by atoms with Crippen LogP contribution in [-0.2, 0) is 10.1 Å². The lowest BCUT2D eigenvalue weighted by Gasteiger charge is -2.09. The summed E-state index contributed by atoms with van der Waals surface area (Å²) in [6, 6.07) is 0. The summed E-state index contributed by atoms with van der Waals surface area (Å²) in [7, 11) is -3.93. The third kappa shape index (κ3) is 13.9. The van der Waals surface area contributed by atoms with Crippen molar-refractivity contribution in [2.45, 2.75) is 77.2 Å². The summed E-state index contributed by atoms with van der Waals surface area (Å²) in [5, 5.41) is 9.51. The van der Waals surface area contributed by atoms with Gasteiger partial charge in [0.1, 0.15) is 0 Å². The number of rotatable bonds is 12. The van der Waals surface area contributed by atoms with Crippen molar-refractivity contribution >= 4 is 10.1 Å². The maximum atomic E-state index is 10.5. The minimum Gasteiger partial charge on any atom is -0.393 e. The summed E-state index contributed by atoms with van der Waals surface area (Å²) in [6.45, 7) is 2.20. The second-order valence-corrected chi connectivity index (χ2v) is 6.56. The Labute approximate surface area is 112 Å². The van der Waals surface area contributed by atoms with E-state index >= 15 is 0 Å². The third-order valence-corrected chi connectivity index (χ3v) is 3.85. The molecule has 0 aliphatic heterocycles. The summed E-state index contributed by atoms with van der Waals surface area (Å²) in [4.78, 5) is 0. The van der Waals surface area contributed by atoms with E-state index in [4.69, 9.17) is 4.55 Å². The van der Waals surface area contributed by atoms with Gasteiger partial charge in [0.15, 0.2) is 0 Å². The molecule has 4 nitrogen and oxygen atoms in total. The molecule has 0 heterocycles. The number of unbranched alkanes of at least 4 members (excludes halogenated alkanes) is 7. The van der Waals surface area contributed by atoms with Crippen molar-refractivity contribution in [2.24, 2.45) is 0 Å². The summed E-state index contributed by atoms with van der Waals surface area (Å²) in [5.74, 6) is -0.342. The molecule has 5 heteroatoms. The van der Waals surface area contributed by atoms with E-state index in [-0.39, 0.29) is 12.2 Å². The first kappa shape index (κ1) is 17.9. The molecular weight excluding hydrogens is 252 g/mol. The highest BCUT2D eigenvalue weighted by atomic mass is 32.2. The van der Waals surface area contributed by atoms with E-state index in [1.165, 1.54) is 38.5 Å². The molecule has 0 bridgehead atoms. The van der Waals surface area contributed by atoms with Crippen LogP contribution in [0, 0.1) is 0 Å². The van der Waals surface area contributed by atoms with Gasteiger partial charge in [0.2, 0.25) is 0 Å². The van der Waals surface area contributed by atoms with Crippen LogP contribution >= 0.6 is 0 Å². The molecule has 0 fully saturated rings. The van der Waals surface area contributed by atoms with Gasteiger partial charge in [-0.25, -0.2) is 0 Å². The molecule has 0 aromatic carbocycles. The van der Waals surface area contributed by atoms with E-state index in [1.54, 1.807) is 0 Å². The van der Waals surface area contributed by atoms with Crippen molar-refractivity contribution in [2.75, 3.05) is 5.75 Å². The van der Waals surface area contributed by atoms with E-state index in [2.05, 4.69) is 6.92 Å². The number of aliphatic hydroxyl groups is 1. The van der Waals surface area contributed by atoms with Crippen molar-refractivity contribution in [1.29, 1.82) is 0 Å². The van der Waals surface area contributed by atoms with Crippen molar-refractivity contribution in [3.8, 4) is 0 Å². The van der Waals surface area contributed by atoms with Gasteiger partial charge in [-0.05, 0) is 12.8 Å². The maximum Gasteiger partial charge on any atom is 0.264 e. The van der Waals surface area contributed by atoms with Gasteiger partial charge in [0.25, 0.3) is 10.1 Å². The number of aliphatic hydroxyl groups excluding tert-OH is 1. The van der Waals surface area contributed by atoms with Crippen LogP contribution in [0.4, 0.5) is 0 Å². The predicted octanol–water partition coefficient (Wildman–Crippen LogP) is 3.16. The zero-order chi connectivity index (χ0) is 13.9. The fraction of sp³-hybridized carbons (Fsp3) is 1.00. The largest absolute Gasteiger partial charge is 0.393 e. The quantitative estimate of drug-likeness (QED) is 0.425. The molecule has 0 saturated carbocycles. The Morgan fingerprint density at radius 2 is 1.39 bits per heavy atom. The molecule has 0 aliphatic rings. The third-order valence-electron chi connectivity index (χ3n) is 3.10. The number of hydrogen-bond donors (Lipinski definition) is 2. The first-order chi connectivity index (χ1) is 8.45. The molecule has 1 unspecified atom stereocenters. The average Bonchev–Trinajstić information content (AvgIpc) is 2.29. The molecule has 0 radical (unpaired) electrons. The average molecular weight is 280 g/mol. The van der Waals surface area contributed by atoms with Gasteiger partial charge in [0.05, 0.1) is 11.9 Å². The van der Waals surface area contributed by atoms with Crippen LogP contribution < -0.4 is 0 Å². The minimum absolute atomic E-state index is 0.134. The first-order valence-electron chi connectivity index (χ1n) is 7.09. The molecule has 0 spiro atoms. The van der Waals surface area contributed by atoms with Gasteiger partial charge in [-0.2, -0.15) is 8.42 Å². The summed E-state index contributed by atoms with van der Waals surface area (Å²) in [6.07, 6.45) is 9.80. The lowest BCUT2D eigenvalue weighted by molar-refractivity contribution is 0.156. The second kappa shape index (κ2) is 10.8. The van der Waals surface area contributed by atoms with Gasteiger partial charge in [-0.15, -0.1) is 0 Å². The Kier molecular flexibility index (Phi) is 10.7. The standard InChI is InChI=1S/C13H28O4S/c1-2-3-4-5-6-7-8-9-10-13(14)11-12-18(15,16)17/h13-14H,2-12H2,1H3,(H,15,16,17). The molecular formula is C13H28O4S. The van der Waals surface area contributed by atoms with Crippen molar-refractivity contribution in [1.82, 2.24) is 0 Å². The molecule has 1 atom stereocenters. The second-order valence-electron chi connectivity index (χ2n) is 4.99. The zero-order valence-electron chi connectivity index (χ0n) is 11.5. The monoisotopic (exact) mass is 280 g/mol. The molecule has 0 amide bonds.